The molecular weight excluding hydrogens is 254 g/mol. The van der Waals surface area contributed by atoms with E-state index >= 15 is 0 Å². The summed E-state index contributed by atoms with van der Waals surface area (Å²) in [5.74, 6) is 0.207. The fourth-order valence-corrected chi connectivity index (χ4v) is 2.23. The van der Waals surface area contributed by atoms with Crippen LogP contribution in [0.2, 0.25) is 0 Å². The minimum atomic E-state index is -0.499. The first kappa shape index (κ1) is 14.5. The van der Waals surface area contributed by atoms with Crippen LogP contribution in [0.3, 0.4) is 0 Å². The molecule has 0 fully saturated rings. The Hall–Kier alpha value is -1.95. The third-order valence-electron chi connectivity index (χ3n) is 3.19. The van der Waals surface area contributed by atoms with Crippen molar-refractivity contribution in [2.24, 2.45) is 18.7 Å². The van der Waals surface area contributed by atoms with Crippen LogP contribution in [-0.2, 0) is 11.8 Å². The Morgan fingerprint density at radius 2 is 2.20 bits per heavy atom. The van der Waals surface area contributed by atoms with Crippen molar-refractivity contribution < 1.29 is 4.79 Å². The highest BCUT2D eigenvalue weighted by atomic mass is 16.2. The van der Waals surface area contributed by atoms with Crippen molar-refractivity contribution in [3.8, 4) is 0 Å². The number of nitrogens with two attached hydrogens (primary N) is 1. The molecule has 3 N–H and O–H groups in total. The number of carbonyl (C=O) groups is 1. The van der Waals surface area contributed by atoms with E-state index in [1.807, 2.05) is 33.9 Å². The van der Waals surface area contributed by atoms with Crippen molar-refractivity contribution in [3.05, 3.63) is 18.0 Å². The second kappa shape index (κ2) is 5.58. The number of nitrogens with zero attached hydrogens (tertiary/aromatic N) is 3. The van der Waals surface area contributed by atoms with Crippen molar-refractivity contribution in [2.75, 3.05) is 5.32 Å². The topological polar surface area (TPSA) is 85.8 Å². The molecule has 0 aliphatic heterocycles. The van der Waals surface area contributed by atoms with Gasteiger partial charge in [-0.25, -0.2) is 4.98 Å². The van der Waals surface area contributed by atoms with E-state index in [2.05, 4.69) is 15.4 Å². The highest BCUT2D eigenvalue weighted by Crippen LogP contribution is 2.19. The van der Waals surface area contributed by atoms with Crippen LogP contribution < -0.4 is 11.1 Å². The van der Waals surface area contributed by atoms with Crippen molar-refractivity contribution in [1.82, 2.24) is 14.8 Å². The van der Waals surface area contributed by atoms with Gasteiger partial charge in [0.25, 0.3) is 0 Å². The molecule has 0 saturated heterocycles. The third kappa shape index (κ3) is 2.96. The average molecular weight is 275 g/mol. The first-order valence-corrected chi connectivity index (χ1v) is 6.74. The van der Waals surface area contributed by atoms with Gasteiger partial charge in [0.1, 0.15) is 0 Å². The van der Waals surface area contributed by atoms with E-state index in [1.165, 1.54) is 0 Å². The summed E-state index contributed by atoms with van der Waals surface area (Å²) in [7, 11) is 1.85. The molecular formula is C14H21N5O. The zero-order valence-corrected chi connectivity index (χ0v) is 12.3. The number of amides is 1. The van der Waals surface area contributed by atoms with Gasteiger partial charge in [-0.15, -0.1) is 0 Å². The Morgan fingerprint density at radius 1 is 1.50 bits per heavy atom. The maximum Gasteiger partial charge on any atom is 0.241 e. The largest absolute Gasteiger partial charge is 0.323 e. The van der Waals surface area contributed by atoms with Gasteiger partial charge in [-0.2, -0.15) is 5.10 Å². The summed E-state index contributed by atoms with van der Waals surface area (Å²) >= 11 is 0. The Kier molecular flexibility index (Phi) is 4.04. The van der Waals surface area contributed by atoms with Crippen molar-refractivity contribution >= 4 is 22.6 Å². The zero-order valence-electron chi connectivity index (χ0n) is 12.3. The molecule has 1 unspecified atom stereocenters. The SMILES string of the molecule is Cc1nn(C)c2ncc(NC(=O)C(N)CC(C)C)cc12. The van der Waals surface area contributed by atoms with E-state index in [0.29, 0.717) is 18.0 Å². The zero-order chi connectivity index (χ0) is 14.9. The van der Waals surface area contributed by atoms with Gasteiger partial charge in [-0.05, 0) is 25.3 Å². The van der Waals surface area contributed by atoms with E-state index in [1.54, 1.807) is 10.9 Å². The molecule has 6 heteroatoms. The van der Waals surface area contributed by atoms with Crippen LogP contribution in [0.15, 0.2) is 12.3 Å². The second-order valence-corrected chi connectivity index (χ2v) is 5.53. The van der Waals surface area contributed by atoms with E-state index in [9.17, 15) is 4.79 Å². The third-order valence-corrected chi connectivity index (χ3v) is 3.19. The van der Waals surface area contributed by atoms with Gasteiger partial charge in [-0.3, -0.25) is 9.48 Å². The molecule has 2 heterocycles. The lowest BCUT2D eigenvalue weighted by Crippen LogP contribution is -2.36. The Balaban J connectivity index is 2.18. The molecule has 0 spiro atoms. The van der Waals surface area contributed by atoms with Gasteiger partial charge in [-0.1, -0.05) is 13.8 Å². The quantitative estimate of drug-likeness (QED) is 0.887. The number of carbonyl (C=O) groups excluding carboxylic acids is 1. The minimum absolute atomic E-state index is 0.179. The summed E-state index contributed by atoms with van der Waals surface area (Å²) in [6.45, 7) is 6.00. The van der Waals surface area contributed by atoms with Crippen molar-refractivity contribution in [2.45, 2.75) is 33.2 Å². The summed E-state index contributed by atoms with van der Waals surface area (Å²) in [6.07, 6.45) is 2.29. The minimum Gasteiger partial charge on any atom is -0.323 e. The van der Waals surface area contributed by atoms with Gasteiger partial charge in [0, 0.05) is 12.4 Å². The molecule has 2 aromatic rings. The van der Waals surface area contributed by atoms with Crippen LogP contribution in [0.1, 0.15) is 26.0 Å². The summed E-state index contributed by atoms with van der Waals surface area (Å²) in [4.78, 5) is 16.3. The molecule has 1 amide bonds. The predicted octanol–water partition coefficient (Wildman–Crippen LogP) is 1.59. The molecule has 6 nitrogen and oxygen atoms in total. The van der Waals surface area contributed by atoms with Crippen LogP contribution in [0.4, 0.5) is 5.69 Å². The number of nitrogens with one attached hydrogen (secondary N) is 1. The number of rotatable bonds is 4. The van der Waals surface area contributed by atoms with Crippen LogP contribution >= 0.6 is 0 Å². The van der Waals surface area contributed by atoms with Crippen LogP contribution in [0.25, 0.3) is 11.0 Å². The number of anilines is 1. The monoisotopic (exact) mass is 275 g/mol. The van der Waals surface area contributed by atoms with Gasteiger partial charge in [0.05, 0.1) is 23.6 Å². The molecule has 2 rings (SSSR count). The van der Waals surface area contributed by atoms with Crippen molar-refractivity contribution in [3.63, 3.8) is 0 Å². The summed E-state index contributed by atoms with van der Waals surface area (Å²) < 4.78 is 1.72. The molecule has 0 aliphatic rings. The fourth-order valence-electron chi connectivity index (χ4n) is 2.23. The Bertz CT molecular complexity index is 632. The molecule has 108 valence electrons. The standard InChI is InChI=1S/C14H21N5O/c1-8(2)5-12(15)14(20)17-10-6-11-9(3)18-19(4)13(11)16-7-10/h6-8,12H,5,15H2,1-4H3,(H,17,20). The van der Waals surface area contributed by atoms with Gasteiger partial charge in [0.2, 0.25) is 5.91 Å². The maximum atomic E-state index is 12.0. The van der Waals surface area contributed by atoms with Crippen LogP contribution in [0.5, 0.6) is 0 Å². The maximum absolute atomic E-state index is 12.0. The van der Waals surface area contributed by atoms with E-state index < -0.39 is 6.04 Å². The lowest BCUT2D eigenvalue weighted by Gasteiger charge is -2.14. The highest BCUT2D eigenvalue weighted by molar-refractivity contribution is 5.96. The van der Waals surface area contributed by atoms with E-state index in [0.717, 1.165) is 16.7 Å². The number of fused-ring (bicyclic) bond motifs is 1. The highest BCUT2D eigenvalue weighted by Gasteiger charge is 2.16. The van der Waals surface area contributed by atoms with E-state index in [4.69, 9.17) is 5.73 Å². The first-order chi connectivity index (χ1) is 9.38. The number of hydrogen-bond acceptors (Lipinski definition) is 4. The molecule has 0 bridgehead atoms. The average Bonchev–Trinajstić information content (AvgIpc) is 2.64. The first-order valence-electron chi connectivity index (χ1n) is 6.74. The van der Waals surface area contributed by atoms with E-state index in [-0.39, 0.29) is 5.91 Å². The molecule has 2 aromatic heterocycles. The lowest BCUT2D eigenvalue weighted by molar-refractivity contribution is -0.117. The molecule has 20 heavy (non-hydrogen) atoms. The molecule has 0 saturated carbocycles. The summed E-state index contributed by atoms with van der Waals surface area (Å²) in [5.41, 5.74) is 8.20. The predicted molar refractivity (Wildman–Crippen MR) is 79.3 cm³/mol. The number of aromatic nitrogens is 3. The summed E-state index contributed by atoms with van der Waals surface area (Å²) in [6, 6.07) is 1.38. The van der Waals surface area contributed by atoms with Crippen LogP contribution in [0, 0.1) is 12.8 Å². The van der Waals surface area contributed by atoms with Crippen molar-refractivity contribution in [1.29, 1.82) is 0 Å². The molecule has 0 aliphatic carbocycles. The Morgan fingerprint density at radius 3 is 2.85 bits per heavy atom. The summed E-state index contributed by atoms with van der Waals surface area (Å²) in [5, 5.41) is 8.05. The normalized spacial score (nSPS) is 12.9. The molecule has 0 radical (unpaired) electrons. The molecule has 1 atom stereocenters. The van der Waals surface area contributed by atoms with Gasteiger partial charge in [0.15, 0.2) is 5.65 Å². The Labute approximate surface area is 118 Å². The van der Waals surface area contributed by atoms with Crippen LogP contribution in [-0.4, -0.2) is 26.7 Å². The number of hydrogen-bond donors (Lipinski definition) is 2. The number of pyridine rings is 1. The number of aryl methyl sites for hydroxylation is 2. The fraction of sp³-hybridized carbons (Fsp3) is 0.500. The smallest absolute Gasteiger partial charge is 0.241 e. The van der Waals surface area contributed by atoms with Gasteiger partial charge < -0.3 is 11.1 Å². The second-order valence-electron chi connectivity index (χ2n) is 5.53. The lowest BCUT2D eigenvalue weighted by atomic mass is 10.0. The van der Waals surface area contributed by atoms with Gasteiger partial charge >= 0.3 is 0 Å². The molecule has 0 aromatic carbocycles.